The standard InChI is InChI=1S/C12H12BrNO4/c13-8-1-3-9(4-2-8)18-7-10(15)14-12(5-6-12)11(16)17/h1-4H,5-7H2,(H,14,15)(H,16,17). The third-order valence-corrected chi connectivity index (χ3v) is 3.25. The number of nitrogens with one attached hydrogen (secondary N) is 1. The van der Waals surface area contributed by atoms with Crippen molar-refractivity contribution in [2.75, 3.05) is 6.61 Å². The predicted molar refractivity (Wildman–Crippen MR) is 67.4 cm³/mol. The van der Waals surface area contributed by atoms with E-state index in [2.05, 4.69) is 21.2 Å². The van der Waals surface area contributed by atoms with Crippen molar-refractivity contribution in [3.63, 3.8) is 0 Å². The maximum Gasteiger partial charge on any atom is 0.329 e. The molecular weight excluding hydrogens is 302 g/mol. The molecule has 18 heavy (non-hydrogen) atoms. The number of hydrogen-bond acceptors (Lipinski definition) is 3. The van der Waals surface area contributed by atoms with Gasteiger partial charge in [-0.15, -0.1) is 0 Å². The van der Waals surface area contributed by atoms with E-state index in [9.17, 15) is 9.59 Å². The van der Waals surface area contributed by atoms with Gasteiger partial charge in [-0.25, -0.2) is 4.79 Å². The van der Waals surface area contributed by atoms with Crippen molar-refractivity contribution < 1.29 is 19.4 Å². The average molecular weight is 314 g/mol. The molecule has 5 nitrogen and oxygen atoms in total. The maximum atomic E-state index is 11.5. The van der Waals surface area contributed by atoms with Gasteiger partial charge in [0, 0.05) is 4.47 Å². The summed E-state index contributed by atoms with van der Waals surface area (Å²) < 4.78 is 6.17. The first-order valence-corrected chi connectivity index (χ1v) is 6.24. The number of aliphatic carboxylic acids is 1. The number of rotatable bonds is 5. The van der Waals surface area contributed by atoms with Gasteiger partial charge in [-0.2, -0.15) is 0 Å². The molecular formula is C12H12BrNO4. The van der Waals surface area contributed by atoms with Gasteiger partial charge in [0.25, 0.3) is 5.91 Å². The summed E-state index contributed by atoms with van der Waals surface area (Å²) in [5.41, 5.74) is -1.06. The van der Waals surface area contributed by atoms with Gasteiger partial charge in [0.15, 0.2) is 6.61 Å². The van der Waals surface area contributed by atoms with Crippen molar-refractivity contribution in [1.82, 2.24) is 5.32 Å². The molecule has 0 aromatic heterocycles. The summed E-state index contributed by atoms with van der Waals surface area (Å²) in [6.45, 7) is -0.184. The van der Waals surface area contributed by atoms with Crippen molar-refractivity contribution in [2.45, 2.75) is 18.4 Å². The zero-order valence-corrected chi connectivity index (χ0v) is 11.1. The SMILES string of the molecule is O=C(COc1ccc(Br)cc1)NC1(C(=O)O)CC1. The lowest BCUT2D eigenvalue weighted by molar-refractivity contribution is -0.143. The van der Waals surface area contributed by atoms with Crippen LogP contribution in [0.15, 0.2) is 28.7 Å². The van der Waals surface area contributed by atoms with Gasteiger partial charge >= 0.3 is 5.97 Å². The molecule has 0 aliphatic heterocycles. The molecule has 0 unspecified atom stereocenters. The molecule has 0 radical (unpaired) electrons. The normalized spacial score (nSPS) is 15.8. The van der Waals surface area contributed by atoms with E-state index in [-0.39, 0.29) is 6.61 Å². The van der Waals surface area contributed by atoms with Crippen LogP contribution in [0.4, 0.5) is 0 Å². The largest absolute Gasteiger partial charge is 0.484 e. The van der Waals surface area contributed by atoms with Crippen LogP contribution in [0.2, 0.25) is 0 Å². The molecule has 2 N–H and O–H groups in total. The first kappa shape index (κ1) is 12.9. The lowest BCUT2D eigenvalue weighted by atomic mass is 10.3. The van der Waals surface area contributed by atoms with Gasteiger partial charge in [0.2, 0.25) is 0 Å². The quantitative estimate of drug-likeness (QED) is 0.865. The molecule has 1 saturated carbocycles. The van der Waals surface area contributed by atoms with Crippen molar-refractivity contribution in [3.05, 3.63) is 28.7 Å². The lowest BCUT2D eigenvalue weighted by Gasteiger charge is -2.12. The minimum atomic E-state index is -1.06. The second-order valence-corrected chi connectivity index (χ2v) is 5.09. The van der Waals surface area contributed by atoms with Crippen LogP contribution in [-0.2, 0) is 9.59 Å². The Bertz CT molecular complexity index is 467. The Morgan fingerprint density at radius 3 is 2.44 bits per heavy atom. The Hall–Kier alpha value is -1.56. The molecule has 1 aromatic carbocycles. The molecule has 0 saturated heterocycles. The molecule has 2 rings (SSSR count). The van der Waals surface area contributed by atoms with Crippen LogP contribution in [0.5, 0.6) is 5.75 Å². The highest BCUT2D eigenvalue weighted by Crippen LogP contribution is 2.35. The van der Waals surface area contributed by atoms with E-state index >= 15 is 0 Å². The molecule has 1 fully saturated rings. The van der Waals surface area contributed by atoms with Crippen molar-refractivity contribution in [1.29, 1.82) is 0 Å². The Labute approximate surface area is 112 Å². The zero-order chi connectivity index (χ0) is 13.2. The number of ether oxygens (including phenoxy) is 1. The Balaban J connectivity index is 1.82. The second kappa shape index (κ2) is 4.97. The molecule has 6 heteroatoms. The molecule has 0 atom stereocenters. The number of hydrogen-bond donors (Lipinski definition) is 2. The monoisotopic (exact) mass is 313 g/mol. The van der Waals surface area contributed by atoms with Gasteiger partial charge in [-0.3, -0.25) is 4.79 Å². The minimum absolute atomic E-state index is 0.184. The molecule has 0 heterocycles. The van der Waals surface area contributed by atoms with Crippen LogP contribution in [0.1, 0.15) is 12.8 Å². The minimum Gasteiger partial charge on any atom is -0.484 e. The average Bonchev–Trinajstić information content (AvgIpc) is 3.09. The molecule has 0 spiro atoms. The van der Waals surface area contributed by atoms with Crippen LogP contribution in [0.25, 0.3) is 0 Å². The predicted octanol–water partition coefficient (Wildman–Crippen LogP) is 1.56. The summed E-state index contributed by atoms with van der Waals surface area (Å²) in [5.74, 6) is -0.842. The Morgan fingerprint density at radius 1 is 1.33 bits per heavy atom. The van der Waals surface area contributed by atoms with E-state index in [1.165, 1.54) is 0 Å². The first-order chi connectivity index (χ1) is 8.52. The van der Waals surface area contributed by atoms with Gasteiger partial charge in [0.05, 0.1) is 0 Å². The summed E-state index contributed by atoms with van der Waals surface area (Å²) in [4.78, 5) is 22.4. The van der Waals surface area contributed by atoms with E-state index < -0.39 is 17.4 Å². The number of amides is 1. The van der Waals surface area contributed by atoms with Gasteiger partial charge < -0.3 is 15.2 Å². The number of carbonyl (C=O) groups excluding carboxylic acids is 1. The van der Waals surface area contributed by atoms with E-state index in [1.807, 2.05) is 0 Å². The Kier molecular flexibility index (Phi) is 3.56. The summed E-state index contributed by atoms with van der Waals surface area (Å²) in [7, 11) is 0. The highest BCUT2D eigenvalue weighted by molar-refractivity contribution is 9.10. The van der Waals surface area contributed by atoms with Crippen LogP contribution < -0.4 is 10.1 Å². The third kappa shape index (κ3) is 3.01. The van der Waals surface area contributed by atoms with Gasteiger partial charge in [0.1, 0.15) is 11.3 Å². The smallest absolute Gasteiger partial charge is 0.329 e. The molecule has 1 amide bonds. The molecule has 0 bridgehead atoms. The highest BCUT2D eigenvalue weighted by atomic mass is 79.9. The zero-order valence-electron chi connectivity index (χ0n) is 9.48. The van der Waals surface area contributed by atoms with Crippen LogP contribution >= 0.6 is 15.9 Å². The summed E-state index contributed by atoms with van der Waals surface area (Å²) in [6.07, 6.45) is 0.957. The summed E-state index contributed by atoms with van der Waals surface area (Å²) in [5, 5.41) is 11.4. The fourth-order valence-corrected chi connectivity index (χ4v) is 1.76. The van der Waals surface area contributed by atoms with E-state index in [0.717, 1.165) is 4.47 Å². The Morgan fingerprint density at radius 2 is 1.94 bits per heavy atom. The fraction of sp³-hybridized carbons (Fsp3) is 0.333. The number of halogens is 1. The number of benzene rings is 1. The maximum absolute atomic E-state index is 11.5. The highest BCUT2D eigenvalue weighted by Gasteiger charge is 2.51. The van der Waals surface area contributed by atoms with Crippen LogP contribution in [0, 0.1) is 0 Å². The fourth-order valence-electron chi connectivity index (χ4n) is 1.50. The lowest BCUT2D eigenvalue weighted by Crippen LogP contribution is -2.45. The van der Waals surface area contributed by atoms with E-state index in [0.29, 0.717) is 18.6 Å². The van der Waals surface area contributed by atoms with Crippen molar-refractivity contribution in [3.8, 4) is 5.75 Å². The topological polar surface area (TPSA) is 75.6 Å². The number of carboxylic acids is 1. The summed E-state index contributed by atoms with van der Waals surface area (Å²) in [6, 6.07) is 7.04. The van der Waals surface area contributed by atoms with Crippen molar-refractivity contribution >= 4 is 27.8 Å². The molecule has 96 valence electrons. The van der Waals surface area contributed by atoms with E-state index in [1.54, 1.807) is 24.3 Å². The van der Waals surface area contributed by atoms with Gasteiger partial charge in [-0.1, -0.05) is 15.9 Å². The number of carbonyl (C=O) groups is 2. The van der Waals surface area contributed by atoms with E-state index in [4.69, 9.17) is 9.84 Å². The van der Waals surface area contributed by atoms with Crippen LogP contribution in [-0.4, -0.2) is 29.1 Å². The van der Waals surface area contributed by atoms with Crippen molar-refractivity contribution in [2.24, 2.45) is 0 Å². The number of carboxylic acid groups (broad SMARTS) is 1. The molecule has 1 aromatic rings. The molecule has 1 aliphatic rings. The third-order valence-electron chi connectivity index (χ3n) is 2.72. The first-order valence-electron chi connectivity index (χ1n) is 5.45. The van der Waals surface area contributed by atoms with Crippen LogP contribution in [0.3, 0.4) is 0 Å². The second-order valence-electron chi connectivity index (χ2n) is 4.18. The molecule has 1 aliphatic carbocycles. The van der Waals surface area contributed by atoms with Gasteiger partial charge in [-0.05, 0) is 37.1 Å². The summed E-state index contributed by atoms with van der Waals surface area (Å²) >= 11 is 3.29.